The van der Waals surface area contributed by atoms with Gasteiger partial charge in [0.2, 0.25) is 0 Å². The summed E-state index contributed by atoms with van der Waals surface area (Å²) in [6.45, 7) is 6.12. The summed E-state index contributed by atoms with van der Waals surface area (Å²) in [4.78, 5) is 15.3. The second-order valence-corrected chi connectivity index (χ2v) is 7.75. The SMILES string of the molecule is CCN(CC)C(=O)c1ccc(NC(=S)NCCSc2ccc(Cl)cc2)cc1. The molecule has 0 unspecified atom stereocenters. The van der Waals surface area contributed by atoms with E-state index >= 15 is 0 Å². The average molecular weight is 422 g/mol. The minimum Gasteiger partial charge on any atom is -0.362 e. The van der Waals surface area contributed by atoms with E-state index in [2.05, 4.69) is 10.6 Å². The molecule has 2 N–H and O–H groups in total. The predicted octanol–water partition coefficient (Wildman–Crippen LogP) is 4.90. The zero-order valence-electron chi connectivity index (χ0n) is 15.5. The fourth-order valence-electron chi connectivity index (χ4n) is 2.43. The van der Waals surface area contributed by atoms with Gasteiger partial charge in [-0.05, 0) is 74.6 Å². The Bertz CT molecular complexity index is 747. The summed E-state index contributed by atoms with van der Waals surface area (Å²) in [5.41, 5.74) is 1.54. The highest BCUT2D eigenvalue weighted by molar-refractivity contribution is 7.99. The number of halogens is 1. The van der Waals surface area contributed by atoms with E-state index in [-0.39, 0.29) is 5.91 Å². The topological polar surface area (TPSA) is 44.4 Å². The van der Waals surface area contributed by atoms with Crippen molar-refractivity contribution in [3.63, 3.8) is 0 Å². The molecule has 0 spiro atoms. The van der Waals surface area contributed by atoms with Crippen molar-refractivity contribution >= 4 is 52.3 Å². The molecule has 0 fully saturated rings. The van der Waals surface area contributed by atoms with Gasteiger partial charge in [0.05, 0.1) is 0 Å². The smallest absolute Gasteiger partial charge is 0.253 e. The van der Waals surface area contributed by atoms with Crippen LogP contribution in [0.4, 0.5) is 5.69 Å². The molecule has 0 saturated heterocycles. The Balaban J connectivity index is 1.75. The molecular formula is C20H24ClN3OS2. The number of hydrogen-bond donors (Lipinski definition) is 2. The number of nitrogens with zero attached hydrogens (tertiary/aromatic N) is 1. The molecule has 0 aromatic heterocycles. The summed E-state index contributed by atoms with van der Waals surface area (Å²) in [6, 6.07) is 15.2. The van der Waals surface area contributed by atoms with Crippen LogP contribution in [0.5, 0.6) is 0 Å². The lowest BCUT2D eigenvalue weighted by Gasteiger charge is -2.18. The summed E-state index contributed by atoms with van der Waals surface area (Å²) >= 11 is 12.9. The molecule has 0 aliphatic rings. The number of benzene rings is 2. The van der Waals surface area contributed by atoms with Gasteiger partial charge in [0.15, 0.2) is 5.11 Å². The molecule has 0 radical (unpaired) electrons. The molecule has 27 heavy (non-hydrogen) atoms. The van der Waals surface area contributed by atoms with Crippen molar-refractivity contribution in [2.75, 3.05) is 30.7 Å². The van der Waals surface area contributed by atoms with E-state index in [1.54, 1.807) is 16.7 Å². The van der Waals surface area contributed by atoms with Crippen LogP contribution in [0.15, 0.2) is 53.4 Å². The maximum Gasteiger partial charge on any atom is 0.253 e. The molecule has 0 heterocycles. The fraction of sp³-hybridized carbons (Fsp3) is 0.300. The van der Waals surface area contributed by atoms with Crippen molar-refractivity contribution in [3.8, 4) is 0 Å². The van der Waals surface area contributed by atoms with Gasteiger partial charge in [0.1, 0.15) is 0 Å². The van der Waals surface area contributed by atoms with E-state index < -0.39 is 0 Å². The van der Waals surface area contributed by atoms with Crippen LogP contribution < -0.4 is 10.6 Å². The van der Waals surface area contributed by atoms with Crippen molar-refractivity contribution < 1.29 is 4.79 Å². The minimum atomic E-state index is 0.0477. The van der Waals surface area contributed by atoms with E-state index in [0.717, 1.165) is 23.0 Å². The third-order valence-corrected chi connectivity index (χ3v) is 5.42. The van der Waals surface area contributed by atoms with Crippen LogP contribution in [-0.4, -0.2) is 41.3 Å². The molecule has 144 valence electrons. The van der Waals surface area contributed by atoms with Gasteiger partial charge >= 0.3 is 0 Å². The molecule has 1 amide bonds. The molecule has 0 bridgehead atoms. The van der Waals surface area contributed by atoms with Gasteiger partial charge in [-0.1, -0.05) is 11.6 Å². The number of thioether (sulfide) groups is 1. The zero-order chi connectivity index (χ0) is 19.6. The first-order valence-electron chi connectivity index (χ1n) is 8.86. The lowest BCUT2D eigenvalue weighted by atomic mass is 10.2. The van der Waals surface area contributed by atoms with Crippen molar-refractivity contribution in [3.05, 3.63) is 59.1 Å². The van der Waals surface area contributed by atoms with Crippen LogP contribution in [0.1, 0.15) is 24.2 Å². The van der Waals surface area contributed by atoms with Crippen LogP contribution in [0.3, 0.4) is 0 Å². The maximum absolute atomic E-state index is 12.3. The van der Waals surface area contributed by atoms with Crippen LogP contribution in [0.2, 0.25) is 5.02 Å². The normalized spacial score (nSPS) is 10.3. The summed E-state index contributed by atoms with van der Waals surface area (Å²) in [7, 11) is 0. The number of carbonyl (C=O) groups excluding carboxylic acids is 1. The van der Waals surface area contributed by atoms with E-state index in [1.165, 1.54) is 4.90 Å². The van der Waals surface area contributed by atoms with Gasteiger partial charge in [-0.2, -0.15) is 0 Å². The number of carbonyl (C=O) groups is 1. The molecular weight excluding hydrogens is 398 g/mol. The van der Waals surface area contributed by atoms with Gasteiger partial charge in [0, 0.05) is 46.6 Å². The third-order valence-electron chi connectivity index (χ3n) is 3.91. The zero-order valence-corrected chi connectivity index (χ0v) is 17.9. The van der Waals surface area contributed by atoms with Crippen LogP contribution in [-0.2, 0) is 0 Å². The van der Waals surface area contributed by atoms with Gasteiger partial charge in [0.25, 0.3) is 5.91 Å². The molecule has 2 aromatic rings. The second kappa shape index (κ2) is 11.2. The van der Waals surface area contributed by atoms with Crippen molar-refractivity contribution in [1.82, 2.24) is 10.2 Å². The average Bonchev–Trinajstić information content (AvgIpc) is 2.68. The highest BCUT2D eigenvalue weighted by atomic mass is 35.5. The van der Waals surface area contributed by atoms with Crippen LogP contribution in [0.25, 0.3) is 0 Å². The standard InChI is InChI=1S/C20H24ClN3OS2/c1-3-24(4-2)19(25)15-5-9-17(10-6-15)23-20(26)22-13-14-27-18-11-7-16(21)8-12-18/h5-12H,3-4,13-14H2,1-2H3,(H2,22,23,26). The highest BCUT2D eigenvalue weighted by Gasteiger charge is 2.11. The van der Waals surface area contributed by atoms with E-state index in [9.17, 15) is 4.79 Å². The number of anilines is 1. The van der Waals surface area contributed by atoms with Crippen LogP contribution in [0, 0.1) is 0 Å². The largest absolute Gasteiger partial charge is 0.362 e. The quantitative estimate of drug-likeness (QED) is 0.360. The van der Waals surface area contributed by atoms with Crippen molar-refractivity contribution in [2.45, 2.75) is 18.7 Å². The van der Waals surface area contributed by atoms with Crippen molar-refractivity contribution in [1.29, 1.82) is 0 Å². The van der Waals surface area contributed by atoms with E-state index in [1.807, 2.05) is 62.4 Å². The van der Waals surface area contributed by atoms with Gasteiger partial charge in [-0.15, -0.1) is 11.8 Å². The first kappa shape index (κ1) is 21.5. The predicted molar refractivity (Wildman–Crippen MR) is 120 cm³/mol. The third kappa shape index (κ3) is 7.05. The summed E-state index contributed by atoms with van der Waals surface area (Å²) in [5.74, 6) is 0.937. The first-order chi connectivity index (χ1) is 13.0. The molecule has 2 rings (SSSR count). The van der Waals surface area contributed by atoms with Crippen molar-refractivity contribution in [2.24, 2.45) is 0 Å². The molecule has 0 atom stereocenters. The summed E-state index contributed by atoms with van der Waals surface area (Å²) in [6.07, 6.45) is 0. The Labute approximate surface area is 175 Å². The lowest BCUT2D eigenvalue weighted by molar-refractivity contribution is 0.0773. The number of amides is 1. The minimum absolute atomic E-state index is 0.0477. The Kier molecular flexibility index (Phi) is 8.91. The van der Waals surface area contributed by atoms with E-state index in [0.29, 0.717) is 23.8 Å². The number of hydrogen-bond acceptors (Lipinski definition) is 3. The Morgan fingerprint density at radius 3 is 2.30 bits per heavy atom. The Morgan fingerprint density at radius 1 is 1.07 bits per heavy atom. The number of thiocarbonyl (C=S) groups is 1. The molecule has 7 heteroatoms. The lowest BCUT2D eigenvalue weighted by Crippen LogP contribution is -2.31. The number of nitrogens with one attached hydrogen (secondary N) is 2. The maximum atomic E-state index is 12.3. The molecule has 0 saturated carbocycles. The molecule has 0 aliphatic heterocycles. The molecule has 4 nitrogen and oxygen atoms in total. The summed E-state index contributed by atoms with van der Waals surface area (Å²) in [5, 5.41) is 7.63. The second-order valence-electron chi connectivity index (χ2n) is 5.74. The Hall–Kier alpha value is -1.76. The first-order valence-corrected chi connectivity index (χ1v) is 10.6. The van der Waals surface area contributed by atoms with Gasteiger partial charge in [-0.25, -0.2) is 0 Å². The highest BCUT2D eigenvalue weighted by Crippen LogP contribution is 2.19. The van der Waals surface area contributed by atoms with Gasteiger partial charge < -0.3 is 15.5 Å². The molecule has 0 aliphatic carbocycles. The van der Waals surface area contributed by atoms with E-state index in [4.69, 9.17) is 23.8 Å². The fourth-order valence-corrected chi connectivity index (χ4v) is 3.54. The van der Waals surface area contributed by atoms with Gasteiger partial charge in [-0.3, -0.25) is 4.79 Å². The molecule has 2 aromatic carbocycles. The summed E-state index contributed by atoms with van der Waals surface area (Å²) < 4.78 is 0. The van der Waals surface area contributed by atoms with Crippen LogP contribution >= 0.6 is 35.6 Å². The monoisotopic (exact) mass is 421 g/mol. The Morgan fingerprint density at radius 2 is 1.70 bits per heavy atom. The number of rotatable bonds is 8.